The van der Waals surface area contributed by atoms with E-state index in [-0.39, 0.29) is 24.7 Å². The fraction of sp³-hybridized carbons (Fsp3) is 0.211. The molecule has 1 heterocycles. The molecule has 1 aliphatic heterocycles. The maximum atomic E-state index is 12.7. The number of carboxylic acids is 1. The minimum absolute atomic E-state index is 0.0429. The van der Waals surface area contributed by atoms with E-state index in [1.165, 1.54) is 0 Å². The van der Waals surface area contributed by atoms with E-state index in [4.69, 9.17) is 16.7 Å². The van der Waals surface area contributed by atoms with Crippen LogP contribution in [0.3, 0.4) is 0 Å². The van der Waals surface area contributed by atoms with Crippen molar-refractivity contribution in [3.8, 4) is 0 Å². The molecule has 26 heavy (non-hydrogen) atoms. The first kappa shape index (κ1) is 17.9. The molecule has 0 saturated carbocycles. The fourth-order valence-electron chi connectivity index (χ4n) is 2.83. The predicted octanol–water partition coefficient (Wildman–Crippen LogP) is 3.02. The third-order valence-corrected chi connectivity index (χ3v) is 4.62. The molecule has 0 bridgehead atoms. The zero-order valence-corrected chi connectivity index (χ0v) is 14.8. The molecular weight excluding hydrogens is 356 g/mol. The van der Waals surface area contributed by atoms with Gasteiger partial charge in [-0.15, -0.1) is 0 Å². The number of imide groups is 1. The molecule has 2 N–H and O–H groups in total. The van der Waals surface area contributed by atoms with Crippen molar-refractivity contribution in [1.82, 2.24) is 0 Å². The smallest absolute Gasteiger partial charge is 0.307 e. The van der Waals surface area contributed by atoms with Crippen molar-refractivity contribution >= 4 is 40.8 Å². The van der Waals surface area contributed by atoms with Gasteiger partial charge in [-0.25, -0.2) is 4.90 Å². The van der Waals surface area contributed by atoms with Crippen LogP contribution in [0.25, 0.3) is 0 Å². The van der Waals surface area contributed by atoms with Gasteiger partial charge >= 0.3 is 5.97 Å². The number of hydrogen-bond donors (Lipinski definition) is 2. The van der Waals surface area contributed by atoms with E-state index < -0.39 is 12.0 Å². The van der Waals surface area contributed by atoms with Crippen molar-refractivity contribution in [2.24, 2.45) is 0 Å². The summed E-state index contributed by atoms with van der Waals surface area (Å²) in [7, 11) is 0. The van der Waals surface area contributed by atoms with Crippen LogP contribution in [0.5, 0.6) is 0 Å². The van der Waals surface area contributed by atoms with Crippen LogP contribution >= 0.6 is 11.6 Å². The predicted molar refractivity (Wildman–Crippen MR) is 98.5 cm³/mol. The Morgan fingerprint density at radius 2 is 1.92 bits per heavy atom. The van der Waals surface area contributed by atoms with Gasteiger partial charge in [0.05, 0.1) is 18.5 Å². The van der Waals surface area contributed by atoms with E-state index in [0.29, 0.717) is 22.0 Å². The number of amides is 2. The maximum Gasteiger partial charge on any atom is 0.307 e. The average molecular weight is 373 g/mol. The zero-order chi connectivity index (χ0) is 18.8. The molecule has 0 aliphatic carbocycles. The number of benzene rings is 2. The van der Waals surface area contributed by atoms with Gasteiger partial charge in [0.1, 0.15) is 6.04 Å². The molecule has 2 amide bonds. The van der Waals surface area contributed by atoms with E-state index in [2.05, 4.69) is 5.32 Å². The van der Waals surface area contributed by atoms with Gasteiger partial charge in [-0.1, -0.05) is 29.8 Å². The summed E-state index contributed by atoms with van der Waals surface area (Å²) in [6.45, 7) is 1.85. The van der Waals surface area contributed by atoms with Gasteiger partial charge in [0.25, 0.3) is 5.91 Å². The lowest BCUT2D eigenvalue weighted by Crippen LogP contribution is -2.34. The zero-order valence-electron chi connectivity index (χ0n) is 14.0. The van der Waals surface area contributed by atoms with Crippen molar-refractivity contribution < 1.29 is 19.5 Å². The van der Waals surface area contributed by atoms with Crippen molar-refractivity contribution in [2.75, 3.05) is 10.2 Å². The number of aliphatic carboxylic acids is 1. The van der Waals surface area contributed by atoms with Crippen LogP contribution in [0.4, 0.5) is 11.4 Å². The van der Waals surface area contributed by atoms with Crippen molar-refractivity contribution in [3.63, 3.8) is 0 Å². The average Bonchev–Trinajstić information content (AvgIpc) is 2.85. The van der Waals surface area contributed by atoms with Crippen LogP contribution in [0.15, 0.2) is 42.5 Å². The molecule has 0 aromatic heterocycles. The van der Waals surface area contributed by atoms with E-state index >= 15 is 0 Å². The van der Waals surface area contributed by atoms with Gasteiger partial charge in [-0.05, 0) is 42.3 Å². The van der Waals surface area contributed by atoms with Crippen molar-refractivity contribution in [3.05, 3.63) is 58.6 Å². The lowest BCUT2D eigenvalue weighted by Gasteiger charge is -2.17. The molecule has 2 aromatic carbocycles. The number of halogens is 1. The SMILES string of the molecule is Cc1ccc(N2C(=O)C[C@H](Nc3ccc(CC(=O)O)cc3)C2=O)cc1Cl. The number of carboxylic acid groups (broad SMARTS) is 1. The number of aryl methyl sites for hydroxylation is 1. The highest BCUT2D eigenvalue weighted by Gasteiger charge is 2.39. The Labute approximate surface area is 155 Å². The Hall–Kier alpha value is -2.86. The summed E-state index contributed by atoms with van der Waals surface area (Å²) in [5, 5.41) is 12.3. The summed E-state index contributed by atoms with van der Waals surface area (Å²) < 4.78 is 0. The Morgan fingerprint density at radius 1 is 1.23 bits per heavy atom. The molecular formula is C19H17ClN2O4. The van der Waals surface area contributed by atoms with Gasteiger partial charge in [0.15, 0.2) is 0 Å². The lowest BCUT2D eigenvalue weighted by molar-refractivity contribution is -0.136. The number of hydrogen-bond acceptors (Lipinski definition) is 4. The number of carbonyl (C=O) groups excluding carboxylic acids is 2. The molecule has 6 nitrogen and oxygen atoms in total. The standard InChI is InChI=1S/C19H17ClN2O4/c1-11-2-7-14(9-15(11)20)22-17(23)10-16(19(22)26)21-13-5-3-12(4-6-13)8-18(24)25/h2-7,9,16,21H,8,10H2,1H3,(H,24,25)/t16-/m0/s1. The van der Waals surface area contributed by atoms with Crippen molar-refractivity contribution in [1.29, 1.82) is 0 Å². The molecule has 1 saturated heterocycles. The highest BCUT2D eigenvalue weighted by molar-refractivity contribution is 6.32. The van der Waals surface area contributed by atoms with E-state index in [1.54, 1.807) is 42.5 Å². The number of nitrogens with one attached hydrogen (secondary N) is 1. The summed E-state index contributed by atoms with van der Waals surface area (Å²) in [5.41, 5.74) is 2.63. The fourth-order valence-corrected chi connectivity index (χ4v) is 3.01. The summed E-state index contributed by atoms with van der Waals surface area (Å²) in [5.74, 6) is -1.55. The normalized spacial score (nSPS) is 16.8. The molecule has 0 unspecified atom stereocenters. The first-order valence-corrected chi connectivity index (χ1v) is 8.43. The third-order valence-electron chi connectivity index (χ3n) is 4.21. The van der Waals surface area contributed by atoms with Gasteiger partial charge in [-0.3, -0.25) is 14.4 Å². The highest BCUT2D eigenvalue weighted by atomic mass is 35.5. The van der Waals surface area contributed by atoms with Gasteiger partial charge in [-0.2, -0.15) is 0 Å². The molecule has 1 atom stereocenters. The third kappa shape index (κ3) is 3.70. The quantitative estimate of drug-likeness (QED) is 0.788. The van der Waals surface area contributed by atoms with Crippen LogP contribution in [0.1, 0.15) is 17.5 Å². The molecule has 134 valence electrons. The van der Waals surface area contributed by atoms with E-state index in [9.17, 15) is 14.4 Å². The molecule has 0 spiro atoms. The highest BCUT2D eigenvalue weighted by Crippen LogP contribution is 2.28. The summed E-state index contributed by atoms with van der Waals surface area (Å²) >= 11 is 6.10. The van der Waals surface area contributed by atoms with Gasteiger partial charge in [0, 0.05) is 10.7 Å². The topological polar surface area (TPSA) is 86.7 Å². The minimum Gasteiger partial charge on any atom is -0.481 e. The molecule has 2 aromatic rings. The van der Waals surface area contributed by atoms with Gasteiger partial charge in [0.2, 0.25) is 5.91 Å². The van der Waals surface area contributed by atoms with Crippen LogP contribution in [-0.4, -0.2) is 28.9 Å². The summed E-state index contributed by atoms with van der Waals surface area (Å²) in [6.07, 6.45) is -0.0235. The molecule has 7 heteroatoms. The Morgan fingerprint density at radius 3 is 2.54 bits per heavy atom. The first-order valence-electron chi connectivity index (χ1n) is 8.05. The van der Waals surface area contributed by atoms with Crippen LogP contribution < -0.4 is 10.2 Å². The number of anilines is 2. The van der Waals surface area contributed by atoms with Crippen LogP contribution in [0, 0.1) is 6.92 Å². The molecule has 3 rings (SSSR count). The monoisotopic (exact) mass is 372 g/mol. The van der Waals surface area contributed by atoms with Crippen LogP contribution in [-0.2, 0) is 20.8 Å². The summed E-state index contributed by atoms with van der Waals surface area (Å²) in [6, 6.07) is 11.1. The summed E-state index contributed by atoms with van der Waals surface area (Å²) in [4.78, 5) is 36.8. The van der Waals surface area contributed by atoms with Crippen molar-refractivity contribution in [2.45, 2.75) is 25.8 Å². The van der Waals surface area contributed by atoms with Gasteiger partial charge < -0.3 is 10.4 Å². The van der Waals surface area contributed by atoms with E-state index in [0.717, 1.165) is 10.5 Å². The largest absolute Gasteiger partial charge is 0.481 e. The molecule has 1 aliphatic rings. The first-order chi connectivity index (χ1) is 12.3. The maximum absolute atomic E-state index is 12.7. The van der Waals surface area contributed by atoms with E-state index in [1.807, 2.05) is 6.92 Å². The number of carbonyl (C=O) groups is 3. The Bertz CT molecular complexity index is 880. The molecule has 1 fully saturated rings. The Balaban J connectivity index is 1.74. The second-order valence-electron chi connectivity index (χ2n) is 6.17. The lowest BCUT2D eigenvalue weighted by atomic mass is 10.1. The Kier molecular flexibility index (Phi) is 4.95. The molecule has 0 radical (unpaired) electrons. The second-order valence-corrected chi connectivity index (χ2v) is 6.58. The number of rotatable bonds is 5. The second kappa shape index (κ2) is 7.17. The van der Waals surface area contributed by atoms with Crippen LogP contribution in [0.2, 0.25) is 5.02 Å². The minimum atomic E-state index is -0.908. The number of nitrogens with zero attached hydrogens (tertiary/aromatic N) is 1.